The van der Waals surface area contributed by atoms with Crippen LogP contribution in [-0.4, -0.2) is 68.0 Å². The highest BCUT2D eigenvalue weighted by Gasteiger charge is 2.55. The highest BCUT2D eigenvalue weighted by atomic mass is 16.7. The average Bonchev–Trinajstić information content (AvgIpc) is 3.31. The molecule has 0 aromatic rings. The van der Waals surface area contributed by atoms with Gasteiger partial charge in [-0.15, -0.1) is 0 Å². The van der Waals surface area contributed by atoms with E-state index in [1.54, 1.807) is 0 Å². The van der Waals surface area contributed by atoms with Gasteiger partial charge in [-0.3, -0.25) is 4.90 Å². The molecule has 24 heavy (non-hydrogen) atoms. The van der Waals surface area contributed by atoms with E-state index in [9.17, 15) is 0 Å². The largest absolute Gasteiger partial charge is 0.378 e. The molecule has 0 aliphatic carbocycles. The van der Waals surface area contributed by atoms with Crippen LogP contribution in [0.25, 0.3) is 0 Å². The number of hydrogen-bond donors (Lipinski definition) is 0. The Balaban J connectivity index is 1.63. The molecule has 0 saturated carbocycles. The Morgan fingerprint density at radius 3 is 2.04 bits per heavy atom. The summed E-state index contributed by atoms with van der Waals surface area (Å²) in [4.78, 5) is 2.46. The quantitative estimate of drug-likeness (QED) is 0.720. The van der Waals surface area contributed by atoms with Crippen molar-refractivity contribution in [3.8, 4) is 0 Å². The molecule has 0 aromatic heterocycles. The topological polar surface area (TPSA) is 43.5 Å². The molecule has 3 heterocycles. The summed E-state index contributed by atoms with van der Waals surface area (Å²) >= 11 is 0. The first-order valence-corrected chi connectivity index (χ1v) is 9.33. The predicted molar refractivity (Wildman–Crippen MR) is 93.1 cm³/mol. The maximum atomic E-state index is 6.45. The molecule has 0 amide bonds. The first kappa shape index (κ1) is 18.6. The Labute approximate surface area is 147 Å². The lowest BCUT2D eigenvalue weighted by molar-refractivity contribution is -0.345. The van der Waals surface area contributed by atoms with Crippen molar-refractivity contribution in [1.82, 2.24) is 4.90 Å². The maximum absolute atomic E-state index is 6.45. The molecule has 0 radical (unpaired) electrons. The van der Waals surface area contributed by atoms with Gasteiger partial charge in [0.1, 0.15) is 6.10 Å². The molecule has 1 unspecified atom stereocenters. The Morgan fingerprint density at radius 2 is 1.58 bits per heavy atom. The number of ether oxygens (including phenoxy) is 4. The van der Waals surface area contributed by atoms with E-state index in [-0.39, 0.29) is 16.5 Å². The van der Waals surface area contributed by atoms with Gasteiger partial charge in [0.15, 0.2) is 5.79 Å². The summed E-state index contributed by atoms with van der Waals surface area (Å²) in [7, 11) is 2.21. The summed E-state index contributed by atoms with van der Waals surface area (Å²) in [6.07, 6.45) is 3.11. The van der Waals surface area contributed by atoms with Gasteiger partial charge < -0.3 is 18.9 Å². The Kier molecular flexibility index (Phi) is 4.80. The molecule has 3 rings (SSSR count). The summed E-state index contributed by atoms with van der Waals surface area (Å²) < 4.78 is 24.0. The first-order chi connectivity index (χ1) is 11.1. The summed E-state index contributed by atoms with van der Waals surface area (Å²) in [5.74, 6) is -0.461. The minimum Gasteiger partial charge on any atom is -0.378 e. The van der Waals surface area contributed by atoms with E-state index in [4.69, 9.17) is 18.9 Å². The van der Waals surface area contributed by atoms with Crippen LogP contribution < -0.4 is 0 Å². The van der Waals surface area contributed by atoms with Gasteiger partial charge in [0.2, 0.25) is 0 Å². The van der Waals surface area contributed by atoms with Crippen molar-refractivity contribution in [1.29, 1.82) is 0 Å². The van der Waals surface area contributed by atoms with Crippen molar-refractivity contribution in [2.75, 3.05) is 40.1 Å². The molecule has 0 aromatic carbocycles. The Morgan fingerprint density at radius 1 is 1.04 bits per heavy atom. The predicted octanol–water partition coefficient (Wildman–Crippen LogP) is 2.82. The van der Waals surface area contributed by atoms with E-state index in [2.05, 4.69) is 46.6 Å². The summed E-state index contributed by atoms with van der Waals surface area (Å²) in [5.41, 5.74) is 0.0688. The average molecular weight is 341 g/mol. The van der Waals surface area contributed by atoms with Crippen molar-refractivity contribution >= 4 is 0 Å². The number of hydrogen-bond acceptors (Lipinski definition) is 5. The van der Waals surface area contributed by atoms with Crippen LogP contribution in [0.4, 0.5) is 0 Å². The molecule has 5 heteroatoms. The first-order valence-electron chi connectivity index (χ1n) is 9.33. The Hall–Kier alpha value is -0.200. The van der Waals surface area contributed by atoms with E-state index in [0.717, 1.165) is 25.9 Å². The van der Waals surface area contributed by atoms with Crippen LogP contribution in [0.3, 0.4) is 0 Å². The standard InChI is InChI=1S/C19H35NO4/c1-7-18(12-21-8-15-9-22-15)13-23-19(24-14-18)10-16(2,3)20(6)17(4,5)11-19/h15H,7-14H2,1-6H3. The van der Waals surface area contributed by atoms with Crippen LogP contribution in [-0.2, 0) is 18.9 Å². The molecule has 140 valence electrons. The highest BCUT2D eigenvalue weighted by Crippen LogP contribution is 2.48. The smallest absolute Gasteiger partial charge is 0.171 e. The molecular formula is C19H35NO4. The fourth-order valence-electron chi connectivity index (χ4n) is 4.25. The normalized spacial score (nSPS) is 33.5. The van der Waals surface area contributed by atoms with Crippen molar-refractivity contribution in [3.05, 3.63) is 0 Å². The number of piperidine rings is 1. The van der Waals surface area contributed by atoms with E-state index in [0.29, 0.717) is 32.5 Å². The molecule has 0 bridgehead atoms. The Bertz CT molecular complexity index is 430. The zero-order valence-corrected chi connectivity index (χ0v) is 16.3. The van der Waals surface area contributed by atoms with Crippen LogP contribution in [0.2, 0.25) is 0 Å². The van der Waals surface area contributed by atoms with Gasteiger partial charge in [-0.1, -0.05) is 6.92 Å². The third kappa shape index (κ3) is 3.65. The van der Waals surface area contributed by atoms with Crippen LogP contribution in [0.1, 0.15) is 53.9 Å². The molecule has 3 saturated heterocycles. The number of likely N-dealkylation sites (tertiary alicyclic amines) is 1. The molecule has 0 N–H and O–H groups in total. The summed E-state index contributed by atoms with van der Waals surface area (Å²) in [6.45, 7) is 15.0. The fourth-order valence-corrected chi connectivity index (χ4v) is 4.25. The molecule has 3 aliphatic heterocycles. The molecule has 3 fully saturated rings. The lowest BCUT2D eigenvalue weighted by atomic mass is 9.75. The summed E-state index contributed by atoms with van der Waals surface area (Å²) in [5, 5.41) is 0. The second kappa shape index (κ2) is 6.20. The van der Waals surface area contributed by atoms with Crippen molar-refractivity contribution in [2.45, 2.75) is 76.9 Å². The van der Waals surface area contributed by atoms with E-state index in [1.165, 1.54) is 0 Å². The fraction of sp³-hybridized carbons (Fsp3) is 1.00. The van der Waals surface area contributed by atoms with Gasteiger partial charge in [0.25, 0.3) is 0 Å². The van der Waals surface area contributed by atoms with Gasteiger partial charge in [0.05, 0.1) is 33.0 Å². The minimum absolute atomic E-state index is 0.0300. The molecule has 1 spiro atoms. The minimum atomic E-state index is -0.461. The van der Waals surface area contributed by atoms with Crippen molar-refractivity contribution in [3.63, 3.8) is 0 Å². The van der Waals surface area contributed by atoms with Gasteiger partial charge in [-0.05, 0) is 41.2 Å². The number of nitrogens with zero attached hydrogens (tertiary/aromatic N) is 1. The summed E-state index contributed by atoms with van der Waals surface area (Å²) in [6, 6.07) is 0. The lowest BCUT2D eigenvalue weighted by Crippen LogP contribution is -2.67. The monoisotopic (exact) mass is 341 g/mol. The van der Waals surface area contributed by atoms with E-state index >= 15 is 0 Å². The molecule has 3 aliphatic rings. The van der Waals surface area contributed by atoms with Gasteiger partial charge in [-0.2, -0.15) is 0 Å². The molecular weight excluding hydrogens is 306 g/mol. The van der Waals surface area contributed by atoms with Crippen molar-refractivity contribution in [2.24, 2.45) is 5.41 Å². The third-order valence-corrected chi connectivity index (χ3v) is 6.37. The van der Waals surface area contributed by atoms with Gasteiger partial charge in [0, 0.05) is 29.3 Å². The number of epoxide rings is 1. The zero-order valence-electron chi connectivity index (χ0n) is 16.3. The van der Waals surface area contributed by atoms with E-state index < -0.39 is 5.79 Å². The van der Waals surface area contributed by atoms with Crippen LogP contribution in [0.5, 0.6) is 0 Å². The van der Waals surface area contributed by atoms with Crippen LogP contribution in [0.15, 0.2) is 0 Å². The van der Waals surface area contributed by atoms with Crippen LogP contribution >= 0.6 is 0 Å². The second-order valence-electron chi connectivity index (χ2n) is 9.35. The second-order valence-corrected chi connectivity index (χ2v) is 9.35. The lowest BCUT2D eigenvalue weighted by Gasteiger charge is -2.59. The zero-order chi connectivity index (χ0) is 17.6. The van der Waals surface area contributed by atoms with Gasteiger partial charge in [-0.25, -0.2) is 0 Å². The number of rotatable bonds is 5. The third-order valence-electron chi connectivity index (χ3n) is 6.37. The maximum Gasteiger partial charge on any atom is 0.171 e. The highest BCUT2D eigenvalue weighted by molar-refractivity contribution is 5.04. The molecule has 5 nitrogen and oxygen atoms in total. The SMILES string of the molecule is CCC1(COCC2CO2)COC2(CC(C)(C)N(C)C(C)(C)C2)OC1. The van der Waals surface area contributed by atoms with Crippen molar-refractivity contribution < 1.29 is 18.9 Å². The van der Waals surface area contributed by atoms with E-state index in [1.807, 2.05) is 0 Å². The van der Waals surface area contributed by atoms with Crippen LogP contribution in [0, 0.1) is 5.41 Å². The van der Waals surface area contributed by atoms with Gasteiger partial charge >= 0.3 is 0 Å². The molecule has 1 atom stereocenters.